The van der Waals surface area contributed by atoms with Crippen molar-refractivity contribution in [3.05, 3.63) is 71.3 Å². The van der Waals surface area contributed by atoms with E-state index in [1.807, 2.05) is 78.0 Å². The Morgan fingerprint density at radius 3 is 1.58 bits per heavy atom. The van der Waals surface area contributed by atoms with E-state index in [1.165, 1.54) is 0 Å². The molecule has 0 spiro atoms. The second-order valence-corrected chi connectivity index (χ2v) is 13.9. The lowest BCUT2D eigenvalue weighted by Crippen LogP contribution is -2.53. The topological polar surface area (TPSA) is 111 Å². The SMILES string of the molecule is CSC(CC1(N)C(=O)Oc2ccc(cc2)-c2c3c1cc(C)c2C(N)(CC(SC)N(C)C)C(=O)Oc1ccc-3cc1)N(C)C. The van der Waals surface area contributed by atoms with Gasteiger partial charge in [0.2, 0.25) is 0 Å². The van der Waals surface area contributed by atoms with Crippen LogP contribution < -0.4 is 20.9 Å². The number of aryl methyl sites for hydroxylation is 1. The Hall–Kier alpha value is -2.86. The summed E-state index contributed by atoms with van der Waals surface area (Å²) >= 11 is 3.24. The van der Waals surface area contributed by atoms with Crippen LogP contribution in [0.15, 0.2) is 54.6 Å². The number of hydrogen-bond acceptors (Lipinski definition) is 10. The molecule has 4 unspecified atom stereocenters. The van der Waals surface area contributed by atoms with Gasteiger partial charge in [0.1, 0.15) is 22.6 Å². The van der Waals surface area contributed by atoms with Crippen molar-refractivity contribution in [3.63, 3.8) is 0 Å². The summed E-state index contributed by atoms with van der Waals surface area (Å²) in [5, 5.41) is -0.158. The number of ether oxygens (including phenoxy) is 2. The Morgan fingerprint density at radius 1 is 0.721 bits per heavy atom. The third kappa shape index (κ3) is 5.49. The molecule has 43 heavy (non-hydrogen) atoms. The van der Waals surface area contributed by atoms with E-state index in [9.17, 15) is 9.59 Å². The maximum atomic E-state index is 14.2. The highest BCUT2D eigenvalue weighted by molar-refractivity contribution is 7.99. The van der Waals surface area contributed by atoms with Gasteiger partial charge in [-0.15, -0.1) is 23.5 Å². The van der Waals surface area contributed by atoms with Crippen LogP contribution in [-0.2, 0) is 20.7 Å². The lowest BCUT2D eigenvalue weighted by molar-refractivity contribution is -0.142. The van der Waals surface area contributed by atoms with E-state index in [1.54, 1.807) is 47.8 Å². The maximum Gasteiger partial charge on any atom is 0.336 e. The van der Waals surface area contributed by atoms with Crippen LogP contribution in [-0.4, -0.2) is 73.2 Å². The van der Waals surface area contributed by atoms with Crippen LogP contribution in [0.5, 0.6) is 11.5 Å². The summed E-state index contributed by atoms with van der Waals surface area (Å²) in [6.07, 6.45) is 4.60. The van der Waals surface area contributed by atoms with Crippen molar-refractivity contribution in [1.29, 1.82) is 0 Å². The van der Waals surface area contributed by atoms with E-state index in [0.717, 1.165) is 27.8 Å². The molecule has 10 heteroatoms. The summed E-state index contributed by atoms with van der Waals surface area (Å²) in [5.41, 5.74) is 16.8. The van der Waals surface area contributed by atoms with Crippen molar-refractivity contribution in [2.75, 3.05) is 40.7 Å². The van der Waals surface area contributed by atoms with E-state index >= 15 is 0 Å². The van der Waals surface area contributed by atoms with Gasteiger partial charge in [-0.05, 0) is 111 Å². The molecule has 4 N–H and O–H groups in total. The number of hydrogen-bond donors (Lipinski definition) is 2. The Morgan fingerprint density at radius 2 is 1.14 bits per heavy atom. The molecule has 0 fully saturated rings. The van der Waals surface area contributed by atoms with Crippen LogP contribution in [0.1, 0.15) is 29.5 Å². The van der Waals surface area contributed by atoms with E-state index in [-0.39, 0.29) is 10.7 Å². The number of rotatable bonds is 8. The molecule has 7 rings (SSSR count). The van der Waals surface area contributed by atoms with Crippen LogP contribution in [0.25, 0.3) is 22.3 Å². The molecule has 3 aromatic carbocycles. The van der Waals surface area contributed by atoms with Crippen LogP contribution in [0.4, 0.5) is 0 Å². The highest BCUT2D eigenvalue weighted by Crippen LogP contribution is 2.50. The molecular weight excluding hydrogens is 581 g/mol. The minimum atomic E-state index is -1.52. The molecule has 4 atom stereocenters. The molecule has 4 heterocycles. The molecule has 0 aromatic heterocycles. The van der Waals surface area contributed by atoms with Gasteiger partial charge in [0.25, 0.3) is 0 Å². The highest BCUT2D eigenvalue weighted by atomic mass is 32.2. The summed E-state index contributed by atoms with van der Waals surface area (Å²) in [6.45, 7) is 1.93. The van der Waals surface area contributed by atoms with Crippen LogP contribution >= 0.6 is 23.5 Å². The van der Waals surface area contributed by atoms with E-state index in [0.29, 0.717) is 35.5 Å². The number of fused-ring (bicyclic) bond motifs is 8. The molecule has 0 aliphatic carbocycles. The van der Waals surface area contributed by atoms with Crippen molar-refractivity contribution in [3.8, 4) is 33.8 Å². The molecule has 4 aliphatic heterocycles. The second kappa shape index (κ2) is 11.9. The second-order valence-electron chi connectivity index (χ2n) is 11.9. The molecule has 0 amide bonds. The van der Waals surface area contributed by atoms with Gasteiger partial charge in [0.15, 0.2) is 0 Å². The van der Waals surface area contributed by atoms with Crippen molar-refractivity contribution in [2.24, 2.45) is 11.5 Å². The summed E-state index contributed by atoms with van der Waals surface area (Å²) in [4.78, 5) is 32.5. The first-order chi connectivity index (χ1) is 20.3. The predicted octanol–water partition coefficient (Wildman–Crippen LogP) is 4.76. The number of thioether (sulfide) groups is 2. The maximum absolute atomic E-state index is 14.2. The van der Waals surface area contributed by atoms with Gasteiger partial charge in [-0.1, -0.05) is 30.3 Å². The molecule has 0 saturated heterocycles. The Balaban J connectivity index is 1.96. The molecular formula is C33H40N4O4S2. The number of nitrogens with zero attached hydrogens (tertiary/aromatic N) is 2. The standard InChI is InChI=1S/C33H40N4O4S2/c1-19-16-24-27-20-8-12-23(13-9-20)41-31(39)33(35,18-26(43-7)37(4)5)29(19)28(27)21-10-14-22(15-11-21)40-30(38)32(24,34)17-25(42-6)36(2)3/h8-16,25-26H,17-18,34-35H2,1-7H3. The third-order valence-corrected chi connectivity index (χ3v) is 10.8. The Labute approximate surface area is 262 Å². The van der Waals surface area contributed by atoms with Gasteiger partial charge >= 0.3 is 11.9 Å². The van der Waals surface area contributed by atoms with Gasteiger partial charge in [0.05, 0.1) is 10.7 Å². The Kier molecular flexibility index (Phi) is 8.74. The van der Waals surface area contributed by atoms with Crippen LogP contribution in [0.3, 0.4) is 0 Å². The molecule has 8 bridgehead atoms. The Bertz CT molecular complexity index is 1540. The minimum Gasteiger partial charge on any atom is -0.425 e. The predicted molar refractivity (Wildman–Crippen MR) is 176 cm³/mol. The summed E-state index contributed by atoms with van der Waals surface area (Å²) in [5.74, 6) is -0.278. The summed E-state index contributed by atoms with van der Waals surface area (Å²) in [6, 6.07) is 16.6. The molecule has 0 radical (unpaired) electrons. The quantitative estimate of drug-likeness (QED) is 0.208. The number of nitrogens with two attached hydrogens (primary N) is 2. The fourth-order valence-electron chi connectivity index (χ4n) is 6.20. The zero-order valence-corrected chi connectivity index (χ0v) is 27.4. The van der Waals surface area contributed by atoms with E-state index in [4.69, 9.17) is 20.9 Å². The zero-order valence-electron chi connectivity index (χ0n) is 25.8. The molecule has 0 saturated carbocycles. The average molecular weight is 621 g/mol. The van der Waals surface area contributed by atoms with Gasteiger partial charge in [0, 0.05) is 12.8 Å². The first-order valence-corrected chi connectivity index (χ1v) is 16.7. The van der Waals surface area contributed by atoms with E-state index < -0.39 is 23.0 Å². The van der Waals surface area contributed by atoms with E-state index in [2.05, 4.69) is 9.80 Å². The van der Waals surface area contributed by atoms with Crippen molar-refractivity contribution in [1.82, 2.24) is 9.80 Å². The fourth-order valence-corrected chi connectivity index (χ4v) is 7.91. The molecule has 8 nitrogen and oxygen atoms in total. The van der Waals surface area contributed by atoms with Gasteiger partial charge in [-0.3, -0.25) is 9.80 Å². The van der Waals surface area contributed by atoms with Crippen LogP contribution in [0.2, 0.25) is 0 Å². The zero-order chi connectivity index (χ0) is 31.3. The van der Waals surface area contributed by atoms with Crippen LogP contribution in [0, 0.1) is 6.92 Å². The molecule has 228 valence electrons. The lowest BCUT2D eigenvalue weighted by Gasteiger charge is -2.40. The number of esters is 2. The molecule has 3 aromatic rings. The normalized spacial score (nSPS) is 22.4. The van der Waals surface area contributed by atoms with Crippen molar-refractivity contribution < 1.29 is 19.1 Å². The number of benzene rings is 3. The number of carbonyl (C=O) groups is 2. The minimum absolute atomic E-state index is 0.0787. The third-order valence-electron chi connectivity index (χ3n) is 8.58. The van der Waals surface area contributed by atoms with Gasteiger partial charge < -0.3 is 20.9 Å². The summed E-state index contributed by atoms with van der Waals surface area (Å²) < 4.78 is 11.9. The first kappa shape index (κ1) is 31.6. The van der Waals surface area contributed by atoms with Crippen molar-refractivity contribution >= 4 is 35.5 Å². The van der Waals surface area contributed by atoms with Gasteiger partial charge in [-0.25, -0.2) is 9.59 Å². The average Bonchev–Trinajstić information content (AvgIpc) is 2.97. The smallest absolute Gasteiger partial charge is 0.336 e. The largest absolute Gasteiger partial charge is 0.425 e. The lowest BCUT2D eigenvalue weighted by atomic mass is 9.71. The summed E-state index contributed by atoms with van der Waals surface area (Å²) in [7, 11) is 7.90. The fraction of sp³-hybridized carbons (Fsp3) is 0.394. The number of carbonyl (C=O) groups excluding carboxylic acids is 2. The monoisotopic (exact) mass is 620 g/mol. The first-order valence-electron chi connectivity index (χ1n) is 14.1. The van der Waals surface area contributed by atoms with Gasteiger partial charge in [-0.2, -0.15) is 0 Å². The van der Waals surface area contributed by atoms with Crippen molar-refractivity contribution in [2.45, 2.75) is 41.6 Å². The highest BCUT2D eigenvalue weighted by Gasteiger charge is 2.49. The molecule has 4 aliphatic rings.